The van der Waals surface area contributed by atoms with E-state index < -0.39 is 0 Å². The van der Waals surface area contributed by atoms with E-state index in [1.165, 1.54) is 5.56 Å². The first kappa shape index (κ1) is 8.85. The first-order valence-electron chi connectivity index (χ1n) is 4.24. The number of hydrogen-bond donors (Lipinski definition) is 0. The molecular formula is C11H14O. The monoisotopic (exact) mass is 162 g/mol. The molecule has 0 spiro atoms. The highest BCUT2D eigenvalue weighted by atomic mass is 16.5. The van der Waals surface area contributed by atoms with E-state index in [9.17, 15) is 0 Å². The van der Waals surface area contributed by atoms with Gasteiger partial charge in [0.05, 0.1) is 12.9 Å². The molecule has 12 heavy (non-hydrogen) atoms. The van der Waals surface area contributed by atoms with Crippen LogP contribution < -0.4 is 0 Å². The van der Waals surface area contributed by atoms with Gasteiger partial charge in [-0.25, -0.2) is 0 Å². The minimum absolute atomic E-state index is 0.741. The fourth-order valence-corrected chi connectivity index (χ4v) is 0.963. The Hall–Kier alpha value is -1.24. The van der Waals surface area contributed by atoms with Gasteiger partial charge in [-0.2, -0.15) is 0 Å². The lowest BCUT2D eigenvalue weighted by atomic mass is 10.2. The highest BCUT2D eigenvalue weighted by Crippen LogP contribution is 1.99. The minimum atomic E-state index is 0.741. The molecule has 0 aromatic heterocycles. The Morgan fingerprint density at radius 3 is 2.67 bits per heavy atom. The second-order valence-corrected chi connectivity index (χ2v) is 2.52. The lowest BCUT2D eigenvalue weighted by Crippen LogP contribution is -1.81. The molecule has 0 atom stereocenters. The second-order valence-electron chi connectivity index (χ2n) is 2.52. The molecule has 0 heterocycles. The van der Waals surface area contributed by atoms with E-state index in [2.05, 4.69) is 12.1 Å². The topological polar surface area (TPSA) is 9.23 Å². The van der Waals surface area contributed by atoms with Gasteiger partial charge >= 0.3 is 0 Å². The maximum atomic E-state index is 5.07. The van der Waals surface area contributed by atoms with Crippen molar-refractivity contribution in [2.45, 2.75) is 13.3 Å². The highest BCUT2D eigenvalue weighted by molar-refractivity contribution is 5.16. The van der Waals surface area contributed by atoms with Gasteiger partial charge in [0.15, 0.2) is 0 Å². The molecule has 0 aliphatic rings. The third-order valence-electron chi connectivity index (χ3n) is 1.56. The van der Waals surface area contributed by atoms with Crippen LogP contribution in [0.2, 0.25) is 0 Å². The first-order valence-corrected chi connectivity index (χ1v) is 4.24. The summed E-state index contributed by atoms with van der Waals surface area (Å²) < 4.78 is 5.07. The van der Waals surface area contributed by atoms with E-state index in [0.29, 0.717) is 0 Å². The Kier molecular flexibility index (Phi) is 4.00. The van der Waals surface area contributed by atoms with Crippen molar-refractivity contribution in [1.82, 2.24) is 0 Å². The van der Waals surface area contributed by atoms with Crippen LogP contribution in [-0.4, -0.2) is 6.61 Å². The van der Waals surface area contributed by atoms with Crippen LogP contribution in [0.15, 0.2) is 42.7 Å². The molecule has 1 heteroatoms. The number of allylic oxidation sites excluding steroid dienone is 1. The van der Waals surface area contributed by atoms with E-state index >= 15 is 0 Å². The third kappa shape index (κ3) is 3.24. The summed E-state index contributed by atoms with van der Waals surface area (Å²) in [6.45, 7) is 2.72. The zero-order chi connectivity index (χ0) is 8.65. The summed E-state index contributed by atoms with van der Waals surface area (Å²) in [5.41, 5.74) is 1.31. The van der Waals surface area contributed by atoms with Crippen molar-refractivity contribution >= 4 is 0 Å². The number of ether oxygens (including phenoxy) is 1. The molecule has 0 aliphatic heterocycles. The van der Waals surface area contributed by atoms with Crippen LogP contribution in [0, 0.1) is 0 Å². The van der Waals surface area contributed by atoms with Gasteiger partial charge in [0, 0.05) is 0 Å². The van der Waals surface area contributed by atoms with E-state index in [-0.39, 0.29) is 0 Å². The summed E-state index contributed by atoms with van der Waals surface area (Å²) in [5, 5.41) is 0. The maximum absolute atomic E-state index is 5.07. The van der Waals surface area contributed by atoms with E-state index in [1.54, 1.807) is 6.26 Å². The molecule has 0 unspecified atom stereocenters. The van der Waals surface area contributed by atoms with E-state index in [4.69, 9.17) is 4.74 Å². The molecule has 0 bridgehead atoms. The summed E-state index contributed by atoms with van der Waals surface area (Å²) in [6, 6.07) is 10.3. The van der Waals surface area contributed by atoms with Crippen LogP contribution in [0.3, 0.4) is 0 Å². The van der Waals surface area contributed by atoms with Crippen LogP contribution in [0.5, 0.6) is 0 Å². The summed E-state index contributed by atoms with van der Waals surface area (Å²) in [5.74, 6) is 0. The molecule has 1 nitrogen and oxygen atoms in total. The van der Waals surface area contributed by atoms with Gasteiger partial charge < -0.3 is 4.74 Å². The van der Waals surface area contributed by atoms with Gasteiger partial charge in [0.2, 0.25) is 0 Å². The quantitative estimate of drug-likeness (QED) is 0.618. The molecule has 1 aromatic rings. The molecule has 0 amide bonds. The number of benzene rings is 1. The fourth-order valence-electron chi connectivity index (χ4n) is 0.963. The van der Waals surface area contributed by atoms with Gasteiger partial charge in [-0.3, -0.25) is 0 Å². The van der Waals surface area contributed by atoms with Crippen LogP contribution in [-0.2, 0) is 11.2 Å². The molecule has 1 rings (SSSR count). The van der Waals surface area contributed by atoms with E-state index in [0.717, 1.165) is 13.0 Å². The molecule has 0 saturated heterocycles. The molecule has 0 saturated carbocycles. The van der Waals surface area contributed by atoms with Gasteiger partial charge in [0.1, 0.15) is 0 Å². The van der Waals surface area contributed by atoms with E-state index in [1.807, 2.05) is 31.2 Å². The summed E-state index contributed by atoms with van der Waals surface area (Å²) >= 11 is 0. The standard InChI is InChI=1S/C11H14O/c1-2-12-10-6-9-11-7-4-3-5-8-11/h3-8,10H,2,9H2,1H3. The number of hydrogen-bond acceptors (Lipinski definition) is 1. The Labute approximate surface area is 73.7 Å². The van der Waals surface area contributed by atoms with Crippen LogP contribution in [0.4, 0.5) is 0 Å². The zero-order valence-electron chi connectivity index (χ0n) is 7.36. The molecule has 64 valence electrons. The van der Waals surface area contributed by atoms with Crippen molar-refractivity contribution < 1.29 is 4.74 Å². The van der Waals surface area contributed by atoms with Crippen molar-refractivity contribution in [3.63, 3.8) is 0 Å². The maximum Gasteiger partial charge on any atom is 0.0845 e. The van der Waals surface area contributed by atoms with Gasteiger partial charge in [-0.15, -0.1) is 0 Å². The molecule has 0 radical (unpaired) electrons. The SMILES string of the molecule is CCOC=CCc1ccccc1. The largest absolute Gasteiger partial charge is 0.502 e. The normalized spacial score (nSPS) is 10.4. The Bertz CT molecular complexity index is 226. The molecule has 0 N–H and O–H groups in total. The van der Waals surface area contributed by atoms with Crippen LogP contribution >= 0.6 is 0 Å². The van der Waals surface area contributed by atoms with Gasteiger partial charge in [0.25, 0.3) is 0 Å². The van der Waals surface area contributed by atoms with Crippen LogP contribution in [0.1, 0.15) is 12.5 Å². The summed E-state index contributed by atoms with van der Waals surface area (Å²) in [6.07, 6.45) is 4.73. The Balaban J connectivity index is 2.33. The van der Waals surface area contributed by atoms with Crippen molar-refractivity contribution in [2.75, 3.05) is 6.61 Å². The fraction of sp³-hybridized carbons (Fsp3) is 0.273. The van der Waals surface area contributed by atoms with Crippen molar-refractivity contribution in [3.8, 4) is 0 Å². The average molecular weight is 162 g/mol. The van der Waals surface area contributed by atoms with Crippen molar-refractivity contribution in [1.29, 1.82) is 0 Å². The zero-order valence-corrected chi connectivity index (χ0v) is 7.36. The molecule has 0 aliphatic carbocycles. The summed E-state index contributed by atoms with van der Waals surface area (Å²) in [7, 11) is 0. The average Bonchev–Trinajstić information content (AvgIpc) is 2.14. The highest BCUT2D eigenvalue weighted by Gasteiger charge is 1.84. The minimum Gasteiger partial charge on any atom is -0.502 e. The second kappa shape index (κ2) is 5.42. The predicted molar refractivity (Wildman–Crippen MR) is 50.9 cm³/mol. The third-order valence-corrected chi connectivity index (χ3v) is 1.56. The Morgan fingerprint density at radius 2 is 2.00 bits per heavy atom. The number of rotatable bonds is 4. The summed E-state index contributed by atoms with van der Waals surface area (Å²) in [4.78, 5) is 0. The van der Waals surface area contributed by atoms with Crippen molar-refractivity contribution in [2.24, 2.45) is 0 Å². The van der Waals surface area contributed by atoms with Gasteiger partial charge in [-0.05, 0) is 25.0 Å². The van der Waals surface area contributed by atoms with Gasteiger partial charge in [-0.1, -0.05) is 30.3 Å². The lowest BCUT2D eigenvalue weighted by molar-refractivity contribution is 0.268. The molecular weight excluding hydrogens is 148 g/mol. The van der Waals surface area contributed by atoms with Crippen molar-refractivity contribution in [3.05, 3.63) is 48.2 Å². The first-order chi connectivity index (χ1) is 5.93. The Morgan fingerprint density at radius 1 is 1.25 bits per heavy atom. The molecule has 1 aromatic carbocycles. The predicted octanol–water partition coefficient (Wildman–Crippen LogP) is 2.78. The smallest absolute Gasteiger partial charge is 0.0845 e. The van der Waals surface area contributed by atoms with Crippen LogP contribution in [0.25, 0.3) is 0 Å². The lowest BCUT2D eigenvalue weighted by Gasteiger charge is -1.94. The molecule has 0 fully saturated rings.